The van der Waals surface area contributed by atoms with E-state index in [2.05, 4.69) is 82.8 Å². The van der Waals surface area contributed by atoms with E-state index in [1.54, 1.807) is 0 Å². The topological polar surface area (TPSA) is 104 Å². The third-order valence-corrected chi connectivity index (χ3v) is 17.3. The quantitative estimate of drug-likeness (QED) is 0.0998. The molecule has 0 amide bonds. The van der Waals surface area contributed by atoms with Gasteiger partial charge in [-0.15, -0.1) is 0 Å². The zero-order valence-corrected chi connectivity index (χ0v) is 36.1. The monoisotopic (exact) mass is 783 g/mol. The summed E-state index contributed by atoms with van der Waals surface area (Å²) in [5.41, 5.74) is 9.52. The number of rotatable bonds is 16. The van der Waals surface area contributed by atoms with Crippen molar-refractivity contribution in [2.45, 2.75) is 163 Å². The first-order chi connectivity index (χ1) is 27.2. The minimum absolute atomic E-state index is 0.000285. The largest absolute Gasteiger partial charge is 0.465 e. The number of aliphatic hydroxyl groups is 1. The van der Waals surface area contributed by atoms with Gasteiger partial charge in [0.15, 0.2) is 0 Å². The number of benzene rings is 1. The molecule has 1 aliphatic heterocycles. The third kappa shape index (κ3) is 7.17. The van der Waals surface area contributed by atoms with Crippen molar-refractivity contribution in [2.75, 3.05) is 13.2 Å². The fourth-order valence-corrected chi connectivity index (χ4v) is 14.4. The highest BCUT2D eigenvalue weighted by molar-refractivity contribution is 5.84. The molecule has 3 N–H and O–H groups in total. The summed E-state index contributed by atoms with van der Waals surface area (Å²) >= 11 is 0. The summed E-state index contributed by atoms with van der Waals surface area (Å²) < 4.78 is 15.1. The average Bonchev–Trinajstić information content (AvgIpc) is 3.71. The first-order valence-electron chi connectivity index (χ1n) is 22.9. The Hall–Kier alpha value is -2.90. The molecule has 7 rings (SSSR count). The normalized spacial score (nSPS) is 37.1. The van der Waals surface area contributed by atoms with Gasteiger partial charge in [-0.05, 0) is 131 Å². The Morgan fingerprint density at radius 3 is 2.33 bits per heavy atom. The number of nitrogens with two attached hydrogens (primary N) is 1. The average molecular weight is 783 g/mol. The Kier molecular flexibility index (Phi) is 12.3. The molecule has 1 aromatic carbocycles. The highest BCUT2D eigenvalue weighted by atomic mass is 16.5. The van der Waals surface area contributed by atoms with Crippen molar-refractivity contribution < 1.29 is 24.2 Å². The van der Waals surface area contributed by atoms with E-state index in [0.717, 1.165) is 81.9 Å². The number of aromatic nitrogens is 1. The van der Waals surface area contributed by atoms with Crippen LogP contribution in [0.25, 0.3) is 10.9 Å². The molecule has 1 aromatic heterocycles. The molecule has 2 heterocycles. The van der Waals surface area contributed by atoms with Gasteiger partial charge in [0, 0.05) is 35.0 Å². The van der Waals surface area contributed by atoms with Crippen LogP contribution in [-0.2, 0) is 32.0 Å². The van der Waals surface area contributed by atoms with Gasteiger partial charge in [0.2, 0.25) is 0 Å². The Morgan fingerprint density at radius 1 is 0.930 bits per heavy atom. The summed E-state index contributed by atoms with van der Waals surface area (Å²) in [6.45, 7) is 22.5. The van der Waals surface area contributed by atoms with Crippen LogP contribution in [-0.4, -0.2) is 47.0 Å². The Bertz CT molecular complexity index is 1810. The summed E-state index contributed by atoms with van der Waals surface area (Å²) in [6.07, 6.45) is 17.8. The number of hydrogen-bond donors (Lipinski definition) is 2. The van der Waals surface area contributed by atoms with Gasteiger partial charge in [0.1, 0.15) is 6.10 Å². The van der Waals surface area contributed by atoms with Crippen LogP contribution in [0, 0.1) is 51.2 Å². The Balaban J connectivity index is 0.940. The smallest absolute Gasteiger partial charge is 0.312 e. The van der Waals surface area contributed by atoms with Crippen LogP contribution >= 0.6 is 0 Å². The number of ether oxygens (including phenoxy) is 2. The number of aliphatic hydroxyl groups excluding tert-OH is 1. The van der Waals surface area contributed by atoms with Gasteiger partial charge in [-0.3, -0.25) is 9.59 Å². The summed E-state index contributed by atoms with van der Waals surface area (Å²) in [5, 5.41) is 13.2. The summed E-state index contributed by atoms with van der Waals surface area (Å²) in [7, 11) is 0. The molecule has 5 fully saturated rings. The molecule has 5 aliphatic rings. The lowest BCUT2D eigenvalue weighted by molar-refractivity contribution is -0.260. The molecule has 0 spiro atoms. The van der Waals surface area contributed by atoms with Gasteiger partial charge >= 0.3 is 11.9 Å². The van der Waals surface area contributed by atoms with Gasteiger partial charge in [-0.2, -0.15) is 0 Å². The molecule has 57 heavy (non-hydrogen) atoms. The van der Waals surface area contributed by atoms with Crippen LogP contribution in [0.15, 0.2) is 54.8 Å². The predicted octanol–water partition coefficient (Wildman–Crippen LogP) is 10.5. The molecule has 4 saturated carbocycles. The predicted molar refractivity (Wildman–Crippen MR) is 229 cm³/mol. The molecule has 7 heteroatoms. The standard InChI is InChI=1S/C50H74N2O5/c1-33(2)36-20-24-50(46(55)56-29-17-13-11-9-8-10-12-16-28-52-32-35(22-27-51)37-18-14-15-19-40(37)52)26-25-47(5)39(44(36)50)30-41-45-48(47,6)23-21-38(34(3)4)49(45,7)42(53)31-43(54)57-41/h14-15,18-19,32,36,38-39,41-42,44-45,53H,1,3,8-13,16-17,20-31,51H2,2,4-7H3/t36-,38-,39+,41+,42+,44+,45-,47+,48+,49+,50-/m0/s1. The lowest BCUT2D eigenvalue weighted by atomic mass is 9.33. The molecule has 0 radical (unpaired) electrons. The molecule has 4 aliphatic carbocycles. The van der Waals surface area contributed by atoms with Crippen molar-refractivity contribution in [2.24, 2.45) is 57.0 Å². The van der Waals surface area contributed by atoms with E-state index in [1.807, 2.05) is 0 Å². The van der Waals surface area contributed by atoms with Crippen molar-refractivity contribution in [1.29, 1.82) is 0 Å². The van der Waals surface area contributed by atoms with Crippen molar-refractivity contribution in [3.63, 3.8) is 0 Å². The minimum Gasteiger partial charge on any atom is -0.465 e. The van der Waals surface area contributed by atoms with E-state index < -0.39 is 16.9 Å². The van der Waals surface area contributed by atoms with Gasteiger partial charge in [-0.1, -0.05) is 102 Å². The highest BCUT2D eigenvalue weighted by Crippen LogP contribution is 2.77. The maximum Gasteiger partial charge on any atom is 0.312 e. The summed E-state index contributed by atoms with van der Waals surface area (Å²) in [4.78, 5) is 27.9. The second kappa shape index (κ2) is 16.6. The second-order valence-corrected chi connectivity index (χ2v) is 20.2. The van der Waals surface area contributed by atoms with Gasteiger partial charge < -0.3 is 24.9 Å². The molecule has 1 saturated heterocycles. The van der Waals surface area contributed by atoms with Crippen LogP contribution in [0.4, 0.5) is 0 Å². The number of aryl methyl sites for hydroxylation is 1. The number of para-hydroxylation sites is 1. The van der Waals surface area contributed by atoms with Gasteiger partial charge in [0.25, 0.3) is 0 Å². The van der Waals surface area contributed by atoms with Crippen LogP contribution < -0.4 is 5.73 Å². The number of carbonyl (C=O) groups excluding carboxylic acids is 2. The van der Waals surface area contributed by atoms with Crippen molar-refractivity contribution in [1.82, 2.24) is 4.57 Å². The van der Waals surface area contributed by atoms with E-state index in [-0.39, 0.29) is 64.9 Å². The fraction of sp³-hybridized carbons (Fsp3) is 0.720. The van der Waals surface area contributed by atoms with Crippen molar-refractivity contribution >= 4 is 22.8 Å². The van der Waals surface area contributed by atoms with Crippen molar-refractivity contribution in [3.8, 4) is 0 Å². The van der Waals surface area contributed by atoms with Crippen LogP contribution in [0.1, 0.15) is 143 Å². The van der Waals surface area contributed by atoms with Crippen LogP contribution in [0.3, 0.4) is 0 Å². The molecule has 0 unspecified atom stereocenters. The molecule has 11 atom stereocenters. The molecule has 0 bridgehead atoms. The maximum atomic E-state index is 14.5. The van der Waals surface area contributed by atoms with E-state index in [4.69, 9.17) is 15.2 Å². The minimum atomic E-state index is -0.772. The molecule has 2 aromatic rings. The van der Waals surface area contributed by atoms with Crippen LogP contribution in [0.5, 0.6) is 0 Å². The molecule has 314 valence electrons. The second-order valence-electron chi connectivity index (χ2n) is 20.2. The lowest BCUT2D eigenvalue weighted by Gasteiger charge is -2.71. The first kappa shape index (κ1) is 42.2. The third-order valence-electron chi connectivity index (χ3n) is 17.3. The van der Waals surface area contributed by atoms with E-state index in [9.17, 15) is 14.7 Å². The lowest BCUT2D eigenvalue weighted by Crippen LogP contribution is -2.69. The van der Waals surface area contributed by atoms with E-state index >= 15 is 0 Å². The maximum absolute atomic E-state index is 14.5. The Labute approximate surface area is 343 Å². The zero-order valence-electron chi connectivity index (χ0n) is 36.1. The molecule has 7 nitrogen and oxygen atoms in total. The fourth-order valence-electron chi connectivity index (χ4n) is 14.4. The number of allylic oxidation sites excluding steroid dienone is 2. The van der Waals surface area contributed by atoms with Gasteiger partial charge in [-0.25, -0.2) is 0 Å². The van der Waals surface area contributed by atoms with E-state index in [0.29, 0.717) is 13.2 Å². The van der Waals surface area contributed by atoms with E-state index in [1.165, 1.54) is 55.0 Å². The van der Waals surface area contributed by atoms with Crippen molar-refractivity contribution in [3.05, 3.63) is 60.3 Å². The number of unbranched alkanes of at least 4 members (excludes halogenated alkanes) is 7. The van der Waals surface area contributed by atoms with Gasteiger partial charge in [0.05, 0.1) is 24.5 Å². The number of esters is 2. The Morgan fingerprint density at radius 2 is 1.63 bits per heavy atom. The zero-order chi connectivity index (χ0) is 40.8. The first-order valence-corrected chi connectivity index (χ1v) is 22.9. The molecular formula is C50H74N2O5. The summed E-state index contributed by atoms with van der Waals surface area (Å²) in [6, 6.07) is 8.68. The number of hydrogen-bond acceptors (Lipinski definition) is 6. The number of carbonyl (C=O) groups is 2. The SMILES string of the molecule is C=C(C)[C@@H]1CC[C@]2(C(=O)OCCCCCCCCCCn3cc(CCN)c4ccccc43)CC[C@]3(C)[C@H](C[C@H]4OC(=O)C[C@@H](O)[C@]5(C)[C@@H]4[C@@]3(C)CC[C@H]5C(=C)C)[C@@H]12. The molecular weight excluding hydrogens is 709 g/mol. The van der Waals surface area contributed by atoms with Crippen LogP contribution in [0.2, 0.25) is 0 Å². The number of nitrogens with zero attached hydrogens (tertiary/aromatic N) is 1. The summed E-state index contributed by atoms with van der Waals surface area (Å²) in [5.74, 6) is 0.405. The number of fused-ring (bicyclic) bond motifs is 5. The highest BCUT2D eigenvalue weighted by Gasteiger charge is 2.74.